The van der Waals surface area contributed by atoms with Crippen molar-refractivity contribution in [3.05, 3.63) is 59.1 Å². The van der Waals surface area contributed by atoms with Crippen molar-refractivity contribution in [2.24, 2.45) is 0 Å². The van der Waals surface area contributed by atoms with Crippen molar-refractivity contribution in [3.8, 4) is 0 Å². The number of nitrogens with zero attached hydrogens (tertiary/aromatic N) is 1. The molecule has 28 heavy (non-hydrogen) atoms. The van der Waals surface area contributed by atoms with Gasteiger partial charge in [0, 0.05) is 31.2 Å². The lowest BCUT2D eigenvalue weighted by molar-refractivity contribution is -0.120. The second-order valence-corrected chi connectivity index (χ2v) is 7.20. The van der Waals surface area contributed by atoms with Gasteiger partial charge < -0.3 is 20.9 Å². The first-order valence-corrected chi connectivity index (χ1v) is 9.85. The molecule has 1 aliphatic rings. The number of rotatable bonds is 6. The van der Waals surface area contributed by atoms with E-state index >= 15 is 0 Å². The number of carbonyl (C=O) groups excluding carboxylic acids is 2. The normalized spacial score (nSPS) is 14.9. The summed E-state index contributed by atoms with van der Waals surface area (Å²) in [5.41, 5.74) is 2.61. The van der Waals surface area contributed by atoms with Crippen molar-refractivity contribution in [1.29, 1.82) is 0 Å². The molecule has 3 rings (SSSR count). The molecule has 0 spiro atoms. The number of anilines is 2. The molecule has 0 aliphatic carbocycles. The fourth-order valence-electron chi connectivity index (χ4n) is 3.30. The van der Waals surface area contributed by atoms with Crippen LogP contribution in [0.15, 0.2) is 48.5 Å². The van der Waals surface area contributed by atoms with Crippen LogP contribution in [0, 0.1) is 0 Å². The third-order valence-electron chi connectivity index (χ3n) is 4.86. The van der Waals surface area contributed by atoms with Gasteiger partial charge in [-0.2, -0.15) is 0 Å². The van der Waals surface area contributed by atoms with Gasteiger partial charge in [-0.1, -0.05) is 48.9 Å². The van der Waals surface area contributed by atoms with Gasteiger partial charge in [0.1, 0.15) is 0 Å². The molecule has 0 radical (unpaired) electrons. The summed E-state index contributed by atoms with van der Waals surface area (Å²) in [6.07, 6.45) is 0.939. The molecule has 6 nitrogen and oxygen atoms in total. The molecule has 1 heterocycles. The van der Waals surface area contributed by atoms with E-state index in [0.29, 0.717) is 30.3 Å². The second kappa shape index (κ2) is 9.46. The minimum Gasteiger partial charge on any atom is -0.359 e. The van der Waals surface area contributed by atoms with Crippen LogP contribution >= 0.6 is 11.6 Å². The van der Waals surface area contributed by atoms with E-state index in [-0.39, 0.29) is 24.4 Å². The molecule has 3 amide bonds. The number of benzene rings is 2. The van der Waals surface area contributed by atoms with Crippen LogP contribution < -0.4 is 20.9 Å². The standard InChI is InChI=1S/C21H25ClN4O2/c1-2-15(16-6-4-3-5-7-16)13-24-21(28)25-17-8-9-19(18(22)12-17)26-11-10-23-20(27)14-26/h3-9,12,15H,2,10-11,13-14H2,1H3,(H,23,27)(H2,24,25,28). The molecule has 7 heteroatoms. The summed E-state index contributed by atoms with van der Waals surface area (Å²) in [4.78, 5) is 25.8. The van der Waals surface area contributed by atoms with Gasteiger partial charge in [0.05, 0.1) is 17.3 Å². The summed E-state index contributed by atoms with van der Waals surface area (Å²) in [6.45, 7) is 4.25. The first kappa shape index (κ1) is 20.0. The van der Waals surface area contributed by atoms with Crippen LogP contribution in [-0.2, 0) is 4.79 Å². The summed E-state index contributed by atoms with van der Waals surface area (Å²) < 4.78 is 0. The van der Waals surface area contributed by atoms with Gasteiger partial charge in [0.25, 0.3) is 0 Å². The second-order valence-electron chi connectivity index (χ2n) is 6.79. The van der Waals surface area contributed by atoms with Gasteiger partial charge in [-0.05, 0) is 30.2 Å². The van der Waals surface area contributed by atoms with Crippen LogP contribution in [0.1, 0.15) is 24.8 Å². The molecule has 3 N–H and O–H groups in total. The Balaban J connectivity index is 1.56. The first-order valence-electron chi connectivity index (χ1n) is 9.47. The quantitative estimate of drug-likeness (QED) is 0.693. The van der Waals surface area contributed by atoms with Crippen LogP contribution in [0.4, 0.5) is 16.2 Å². The minimum absolute atomic E-state index is 0.0206. The van der Waals surface area contributed by atoms with Gasteiger partial charge in [-0.3, -0.25) is 4.79 Å². The monoisotopic (exact) mass is 400 g/mol. The predicted octanol–water partition coefficient (Wildman–Crippen LogP) is 3.59. The zero-order valence-electron chi connectivity index (χ0n) is 15.9. The number of nitrogens with one attached hydrogen (secondary N) is 3. The maximum atomic E-state index is 12.3. The Bertz CT molecular complexity index is 828. The largest absolute Gasteiger partial charge is 0.359 e. The lowest BCUT2D eigenvalue weighted by atomic mass is 9.97. The Hall–Kier alpha value is -2.73. The Morgan fingerprint density at radius 1 is 1.25 bits per heavy atom. The fraction of sp³-hybridized carbons (Fsp3) is 0.333. The minimum atomic E-state index is -0.268. The Labute approximate surface area is 170 Å². The zero-order valence-corrected chi connectivity index (χ0v) is 16.6. The number of halogens is 1. The van der Waals surface area contributed by atoms with Crippen LogP contribution in [0.3, 0.4) is 0 Å². The summed E-state index contributed by atoms with van der Waals surface area (Å²) in [5.74, 6) is 0.246. The Morgan fingerprint density at radius 2 is 2.04 bits per heavy atom. The molecule has 148 valence electrons. The van der Waals surface area contributed by atoms with Gasteiger partial charge >= 0.3 is 6.03 Å². The van der Waals surface area contributed by atoms with E-state index in [1.165, 1.54) is 5.56 Å². The number of piperazine rings is 1. The average Bonchev–Trinajstić information content (AvgIpc) is 2.69. The maximum absolute atomic E-state index is 12.3. The number of amides is 3. The SMILES string of the molecule is CCC(CNC(=O)Nc1ccc(N2CCNC(=O)C2)c(Cl)c1)c1ccccc1. The lowest BCUT2D eigenvalue weighted by Crippen LogP contribution is -2.47. The van der Waals surface area contributed by atoms with E-state index in [1.54, 1.807) is 12.1 Å². The summed E-state index contributed by atoms with van der Waals surface area (Å²) >= 11 is 6.38. The average molecular weight is 401 g/mol. The van der Waals surface area contributed by atoms with E-state index in [1.807, 2.05) is 29.2 Å². The third kappa shape index (κ3) is 5.16. The number of carbonyl (C=O) groups is 2. The number of urea groups is 1. The van der Waals surface area contributed by atoms with E-state index in [9.17, 15) is 9.59 Å². The molecule has 1 atom stereocenters. The topological polar surface area (TPSA) is 73.5 Å². The first-order chi connectivity index (χ1) is 13.6. The summed E-state index contributed by atoms with van der Waals surface area (Å²) in [7, 11) is 0. The third-order valence-corrected chi connectivity index (χ3v) is 5.16. The highest BCUT2D eigenvalue weighted by atomic mass is 35.5. The van der Waals surface area contributed by atoms with Gasteiger partial charge in [0.2, 0.25) is 5.91 Å². The van der Waals surface area contributed by atoms with Gasteiger partial charge in [-0.15, -0.1) is 0 Å². The maximum Gasteiger partial charge on any atom is 0.319 e. The van der Waals surface area contributed by atoms with E-state index in [0.717, 1.165) is 12.1 Å². The van der Waals surface area contributed by atoms with E-state index < -0.39 is 0 Å². The molecule has 1 fully saturated rings. The van der Waals surface area contributed by atoms with Gasteiger partial charge in [-0.25, -0.2) is 4.79 Å². The zero-order chi connectivity index (χ0) is 19.9. The molecular weight excluding hydrogens is 376 g/mol. The van der Waals surface area contributed by atoms with Crippen molar-refractivity contribution in [1.82, 2.24) is 10.6 Å². The van der Waals surface area contributed by atoms with E-state index in [2.05, 4.69) is 35.0 Å². The number of hydrogen-bond acceptors (Lipinski definition) is 3. The highest BCUT2D eigenvalue weighted by molar-refractivity contribution is 6.33. The van der Waals surface area contributed by atoms with Crippen molar-refractivity contribution in [3.63, 3.8) is 0 Å². The van der Waals surface area contributed by atoms with Crippen molar-refractivity contribution >= 4 is 34.9 Å². The molecule has 2 aromatic rings. The Kier molecular flexibility index (Phi) is 6.76. The lowest BCUT2D eigenvalue weighted by Gasteiger charge is -2.29. The molecule has 0 saturated carbocycles. The van der Waals surface area contributed by atoms with Crippen molar-refractivity contribution in [2.75, 3.05) is 36.4 Å². The fourth-order valence-corrected chi connectivity index (χ4v) is 3.60. The molecular formula is C21H25ClN4O2. The van der Waals surface area contributed by atoms with E-state index in [4.69, 9.17) is 11.6 Å². The van der Waals surface area contributed by atoms with Crippen LogP contribution in [0.25, 0.3) is 0 Å². The molecule has 1 aliphatic heterocycles. The van der Waals surface area contributed by atoms with Crippen LogP contribution in [0.5, 0.6) is 0 Å². The van der Waals surface area contributed by atoms with Crippen molar-refractivity contribution in [2.45, 2.75) is 19.3 Å². The molecule has 2 aromatic carbocycles. The molecule has 0 aromatic heterocycles. The smallest absolute Gasteiger partial charge is 0.319 e. The van der Waals surface area contributed by atoms with Crippen LogP contribution in [-0.4, -0.2) is 38.1 Å². The molecule has 0 bridgehead atoms. The summed E-state index contributed by atoms with van der Waals surface area (Å²) in [5, 5.41) is 9.04. The van der Waals surface area contributed by atoms with Crippen LogP contribution in [0.2, 0.25) is 5.02 Å². The Morgan fingerprint density at radius 3 is 2.71 bits per heavy atom. The summed E-state index contributed by atoms with van der Waals surface area (Å²) in [6, 6.07) is 15.2. The molecule has 1 saturated heterocycles. The highest BCUT2D eigenvalue weighted by Gasteiger charge is 2.19. The predicted molar refractivity (Wildman–Crippen MR) is 113 cm³/mol. The van der Waals surface area contributed by atoms with Crippen molar-refractivity contribution < 1.29 is 9.59 Å². The van der Waals surface area contributed by atoms with Gasteiger partial charge in [0.15, 0.2) is 0 Å². The number of hydrogen-bond donors (Lipinski definition) is 3. The molecule has 1 unspecified atom stereocenters. The highest BCUT2D eigenvalue weighted by Crippen LogP contribution is 2.29.